The number of nitrogen functional groups attached to an aromatic ring is 1. The molecule has 2 aromatic heterocycles. The summed E-state index contributed by atoms with van der Waals surface area (Å²) < 4.78 is 5.67. The molecule has 0 bridgehead atoms. The largest absolute Gasteiger partial charge is 0.491 e. The van der Waals surface area contributed by atoms with Gasteiger partial charge in [0.15, 0.2) is 5.65 Å². The topological polar surface area (TPSA) is 73.9 Å². The number of aromatic nitrogens is 3. The summed E-state index contributed by atoms with van der Waals surface area (Å²) in [5.74, 6) is 1.26. The van der Waals surface area contributed by atoms with Crippen molar-refractivity contribution in [2.24, 2.45) is 0 Å². The third-order valence-corrected chi connectivity index (χ3v) is 2.79. The normalized spacial score (nSPS) is 11.3. The molecule has 0 saturated carbocycles. The first-order chi connectivity index (χ1) is 9.13. The first kappa shape index (κ1) is 11.6. The SMILES string of the molecule is CC(C)Oc1ccc2nc3ncnc(N)c3cc2c1. The van der Waals surface area contributed by atoms with Crippen LogP contribution in [0.2, 0.25) is 0 Å². The molecule has 5 heteroatoms. The number of benzene rings is 1. The first-order valence-electron chi connectivity index (χ1n) is 6.11. The number of pyridine rings is 1. The maximum Gasteiger partial charge on any atom is 0.165 e. The van der Waals surface area contributed by atoms with Gasteiger partial charge in [-0.15, -0.1) is 0 Å². The Balaban J connectivity index is 2.22. The number of ether oxygens (including phenoxy) is 1. The fourth-order valence-corrected chi connectivity index (χ4v) is 1.99. The number of nitrogens with zero attached hydrogens (tertiary/aromatic N) is 3. The first-order valence-corrected chi connectivity index (χ1v) is 6.11. The molecule has 2 heterocycles. The highest BCUT2D eigenvalue weighted by Crippen LogP contribution is 2.25. The molecule has 0 aliphatic heterocycles. The van der Waals surface area contributed by atoms with Gasteiger partial charge in [-0.1, -0.05) is 0 Å². The van der Waals surface area contributed by atoms with Gasteiger partial charge in [-0.3, -0.25) is 0 Å². The van der Waals surface area contributed by atoms with E-state index >= 15 is 0 Å². The van der Waals surface area contributed by atoms with Crippen molar-refractivity contribution in [3.05, 3.63) is 30.6 Å². The van der Waals surface area contributed by atoms with Gasteiger partial charge < -0.3 is 10.5 Å². The van der Waals surface area contributed by atoms with Gasteiger partial charge in [-0.05, 0) is 38.1 Å². The molecule has 0 radical (unpaired) electrons. The lowest BCUT2D eigenvalue weighted by molar-refractivity contribution is 0.243. The Morgan fingerprint density at radius 2 is 2.00 bits per heavy atom. The predicted molar refractivity (Wildman–Crippen MR) is 75.0 cm³/mol. The summed E-state index contributed by atoms with van der Waals surface area (Å²) in [7, 11) is 0. The second-order valence-electron chi connectivity index (χ2n) is 4.64. The second-order valence-corrected chi connectivity index (χ2v) is 4.64. The zero-order valence-corrected chi connectivity index (χ0v) is 10.8. The van der Waals surface area contributed by atoms with E-state index in [-0.39, 0.29) is 6.10 Å². The Labute approximate surface area is 110 Å². The fourth-order valence-electron chi connectivity index (χ4n) is 1.99. The Kier molecular flexibility index (Phi) is 2.67. The summed E-state index contributed by atoms with van der Waals surface area (Å²) in [6, 6.07) is 7.73. The van der Waals surface area contributed by atoms with Crippen molar-refractivity contribution in [1.82, 2.24) is 15.0 Å². The van der Waals surface area contributed by atoms with E-state index in [2.05, 4.69) is 15.0 Å². The standard InChI is InChI=1S/C14H14N4O/c1-8(2)19-10-3-4-12-9(5-10)6-11-13(15)16-7-17-14(11)18-12/h3-8H,1-2H3,(H2,15,16,17,18). The van der Waals surface area contributed by atoms with Gasteiger partial charge in [0.1, 0.15) is 17.9 Å². The molecule has 5 nitrogen and oxygen atoms in total. The minimum absolute atomic E-state index is 0.138. The van der Waals surface area contributed by atoms with E-state index < -0.39 is 0 Å². The van der Waals surface area contributed by atoms with E-state index in [1.807, 2.05) is 38.1 Å². The van der Waals surface area contributed by atoms with E-state index in [0.29, 0.717) is 11.5 Å². The lowest BCUT2D eigenvalue weighted by Crippen LogP contribution is -2.05. The Morgan fingerprint density at radius 3 is 2.79 bits per heavy atom. The summed E-state index contributed by atoms with van der Waals surface area (Å²) in [5.41, 5.74) is 7.32. The maximum absolute atomic E-state index is 5.84. The van der Waals surface area contributed by atoms with Gasteiger partial charge in [0.2, 0.25) is 0 Å². The number of hydrogen-bond acceptors (Lipinski definition) is 5. The van der Waals surface area contributed by atoms with Crippen LogP contribution in [0.4, 0.5) is 5.82 Å². The minimum atomic E-state index is 0.138. The third-order valence-electron chi connectivity index (χ3n) is 2.79. The van der Waals surface area contributed by atoms with Crippen molar-refractivity contribution in [2.75, 3.05) is 5.73 Å². The van der Waals surface area contributed by atoms with Crippen LogP contribution in [0.3, 0.4) is 0 Å². The smallest absolute Gasteiger partial charge is 0.165 e. The van der Waals surface area contributed by atoms with Crippen molar-refractivity contribution < 1.29 is 4.74 Å². The van der Waals surface area contributed by atoms with Gasteiger partial charge in [-0.25, -0.2) is 15.0 Å². The lowest BCUT2D eigenvalue weighted by Gasteiger charge is -2.10. The summed E-state index contributed by atoms with van der Waals surface area (Å²) in [6.45, 7) is 3.99. The molecule has 0 fully saturated rings. The molecule has 0 unspecified atom stereocenters. The molecule has 0 atom stereocenters. The molecule has 2 N–H and O–H groups in total. The van der Waals surface area contributed by atoms with Crippen molar-refractivity contribution in [2.45, 2.75) is 20.0 Å². The molecule has 3 rings (SSSR count). The van der Waals surface area contributed by atoms with Gasteiger partial charge in [0, 0.05) is 5.39 Å². The van der Waals surface area contributed by atoms with Crippen LogP contribution in [0.1, 0.15) is 13.8 Å². The number of nitrogens with two attached hydrogens (primary N) is 1. The Bertz CT molecular complexity index is 755. The summed E-state index contributed by atoms with van der Waals surface area (Å²) >= 11 is 0. The highest BCUT2D eigenvalue weighted by molar-refractivity contribution is 5.96. The number of hydrogen-bond donors (Lipinski definition) is 1. The van der Waals surface area contributed by atoms with Crippen LogP contribution in [-0.2, 0) is 0 Å². The van der Waals surface area contributed by atoms with Crippen LogP contribution in [0.5, 0.6) is 5.75 Å². The van der Waals surface area contributed by atoms with E-state index in [9.17, 15) is 0 Å². The highest BCUT2D eigenvalue weighted by Gasteiger charge is 2.06. The Morgan fingerprint density at radius 1 is 1.16 bits per heavy atom. The molecule has 0 spiro atoms. The zero-order chi connectivity index (χ0) is 13.4. The molecule has 19 heavy (non-hydrogen) atoms. The maximum atomic E-state index is 5.84. The summed E-state index contributed by atoms with van der Waals surface area (Å²) in [6.07, 6.45) is 1.56. The number of fused-ring (bicyclic) bond motifs is 2. The third kappa shape index (κ3) is 2.14. The molecule has 0 aliphatic carbocycles. The molecule has 1 aromatic carbocycles. The fraction of sp³-hybridized carbons (Fsp3) is 0.214. The van der Waals surface area contributed by atoms with E-state index in [1.54, 1.807) is 0 Å². The highest BCUT2D eigenvalue weighted by atomic mass is 16.5. The quantitative estimate of drug-likeness (QED) is 0.711. The molecule has 0 amide bonds. The van der Waals surface area contributed by atoms with Crippen LogP contribution in [0, 0.1) is 0 Å². The molecule has 0 aliphatic rings. The average molecular weight is 254 g/mol. The monoisotopic (exact) mass is 254 g/mol. The van der Waals surface area contributed by atoms with E-state index in [1.165, 1.54) is 6.33 Å². The zero-order valence-electron chi connectivity index (χ0n) is 10.8. The molecular weight excluding hydrogens is 240 g/mol. The van der Waals surface area contributed by atoms with E-state index in [4.69, 9.17) is 10.5 Å². The number of rotatable bonds is 2. The van der Waals surface area contributed by atoms with Gasteiger partial charge in [0.25, 0.3) is 0 Å². The van der Waals surface area contributed by atoms with Gasteiger partial charge in [-0.2, -0.15) is 0 Å². The lowest BCUT2D eigenvalue weighted by atomic mass is 10.1. The predicted octanol–water partition coefficient (Wildman–Crippen LogP) is 2.55. The van der Waals surface area contributed by atoms with E-state index in [0.717, 1.165) is 22.0 Å². The minimum Gasteiger partial charge on any atom is -0.491 e. The van der Waals surface area contributed by atoms with Crippen LogP contribution in [-0.4, -0.2) is 21.1 Å². The average Bonchev–Trinajstić information content (AvgIpc) is 2.37. The van der Waals surface area contributed by atoms with Crippen LogP contribution in [0.15, 0.2) is 30.6 Å². The molecule has 0 saturated heterocycles. The number of anilines is 1. The van der Waals surface area contributed by atoms with Crippen molar-refractivity contribution in [3.8, 4) is 5.75 Å². The summed E-state index contributed by atoms with van der Waals surface area (Å²) in [5, 5.41) is 1.73. The summed E-state index contributed by atoms with van der Waals surface area (Å²) in [4.78, 5) is 12.6. The van der Waals surface area contributed by atoms with Crippen LogP contribution in [0.25, 0.3) is 21.9 Å². The molecular formula is C14H14N4O. The van der Waals surface area contributed by atoms with Gasteiger partial charge in [0.05, 0.1) is 17.0 Å². The van der Waals surface area contributed by atoms with Crippen molar-refractivity contribution in [3.63, 3.8) is 0 Å². The molecule has 3 aromatic rings. The molecule has 96 valence electrons. The Hall–Kier alpha value is -2.43. The van der Waals surface area contributed by atoms with Crippen molar-refractivity contribution in [1.29, 1.82) is 0 Å². The van der Waals surface area contributed by atoms with Gasteiger partial charge >= 0.3 is 0 Å². The van der Waals surface area contributed by atoms with Crippen molar-refractivity contribution >= 4 is 27.8 Å². The van der Waals surface area contributed by atoms with Crippen LogP contribution >= 0.6 is 0 Å². The van der Waals surface area contributed by atoms with Crippen LogP contribution < -0.4 is 10.5 Å². The second kappa shape index (κ2) is 4.35.